The molecule has 1 N–H and O–H groups in total. The molecule has 1 saturated carbocycles. The summed E-state index contributed by atoms with van der Waals surface area (Å²) in [6.07, 6.45) is 6.58. The fraction of sp³-hybridized carbons (Fsp3) is 0.548. The lowest BCUT2D eigenvalue weighted by atomic mass is 9.90. The van der Waals surface area contributed by atoms with Crippen molar-refractivity contribution in [1.29, 1.82) is 0 Å². The molecule has 0 spiro atoms. The maximum Gasteiger partial charge on any atom is 0.331 e. The van der Waals surface area contributed by atoms with Crippen LogP contribution in [-0.2, 0) is 35.0 Å². The van der Waals surface area contributed by atoms with Crippen LogP contribution in [0.1, 0.15) is 62.0 Å². The van der Waals surface area contributed by atoms with Crippen LogP contribution in [0.5, 0.6) is 11.5 Å². The molecule has 0 radical (unpaired) electrons. The smallest absolute Gasteiger partial charge is 0.331 e. The van der Waals surface area contributed by atoms with Crippen molar-refractivity contribution in [3.63, 3.8) is 0 Å². The highest BCUT2D eigenvalue weighted by atomic mass is 16.7. The molecule has 4 rings (SSSR count). The molecule has 1 saturated heterocycles. The quantitative estimate of drug-likeness (QED) is 0.326. The first-order valence-corrected chi connectivity index (χ1v) is 14.4. The van der Waals surface area contributed by atoms with Gasteiger partial charge in [-0.15, -0.1) is 0 Å². The van der Waals surface area contributed by atoms with E-state index in [9.17, 15) is 14.4 Å². The van der Waals surface area contributed by atoms with E-state index < -0.39 is 36.8 Å². The Morgan fingerprint density at radius 1 is 1.07 bits per heavy atom. The molecular formula is C31H40N2O9. The predicted octanol–water partition coefficient (Wildman–Crippen LogP) is 3.63. The number of nitrogens with one attached hydrogen (secondary N) is 1. The number of methoxy groups -OCH3 is 1. The van der Waals surface area contributed by atoms with E-state index in [1.165, 1.54) is 32.7 Å². The molecule has 1 aliphatic heterocycles. The van der Waals surface area contributed by atoms with Crippen LogP contribution in [0.3, 0.4) is 0 Å². The lowest BCUT2D eigenvalue weighted by molar-refractivity contribution is -0.166. The number of cyclic esters (lactones) is 1. The molecule has 11 heteroatoms. The van der Waals surface area contributed by atoms with Gasteiger partial charge < -0.3 is 33.7 Å². The number of esters is 2. The Labute approximate surface area is 246 Å². The molecule has 0 unspecified atom stereocenters. The van der Waals surface area contributed by atoms with E-state index in [1.54, 1.807) is 0 Å². The minimum absolute atomic E-state index is 0.0339. The van der Waals surface area contributed by atoms with Crippen LogP contribution in [0.15, 0.2) is 42.6 Å². The third-order valence-corrected chi connectivity index (χ3v) is 7.45. The number of ether oxygens (including phenoxy) is 6. The highest BCUT2D eigenvalue weighted by molar-refractivity contribution is 5.98. The van der Waals surface area contributed by atoms with Gasteiger partial charge in [0.15, 0.2) is 23.2 Å². The number of carbonyl (C=O) groups excluding carboxylic acids is 3. The van der Waals surface area contributed by atoms with Crippen molar-refractivity contribution in [3.05, 3.63) is 53.9 Å². The Hall–Kier alpha value is -3.70. The Morgan fingerprint density at radius 2 is 1.83 bits per heavy atom. The zero-order valence-corrected chi connectivity index (χ0v) is 24.4. The van der Waals surface area contributed by atoms with Crippen molar-refractivity contribution >= 4 is 17.8 Å². The van der Waals surface area contributed by atoms with Crippen molar-refractivity contribution < 1.29 is 42.8 Å². The average Bonchev–Trinajstić information content (AvgIpc) is 3.03. The molecule has 2 heterocycles. The van der Waals surface area contributed by atoms with Crippen molar-refractivity contribution in [2.75, 3.05) is 27.1 Å². The molecule has 42 heavy (non-hydrogen) atoms. The molecule has 11 nitrogen and oxygen atoms in total. The van der Waals surface area contributed by atoms with Crippen LogP contribution in [0, 0.1) is 5.92 Å². The first kappa shape index (κ1) is 31.2. The van der Waals surface area contributed by atoms with Gasteiger partial charge >= 0.3 is 11.9 Å². The minimum atomic E-state index is -1.11. The Kier molecular flexibility index (Phi) is 11.5. The number of carbonyl (C=O) groups is 3. The van der Waals surface area contributed by atoms with Gasteiger partial charge in [-0.05, 0) is 31.7 Å². The summed E-state index contributed by atoms with van der Waals surface area (Å²) in [5.74, 6) is -1.81. The van der Waals surface area contributed by atoms with Gasteiger partial charge in [-0.25, -0.2) is 9.78 Å². The standard InChI is InChI=1S/C31H40N2O9/c1-20-28(42-24-12-8-5-9-13-24)23(16-22-10-6-4-7-11-22)17-38-18-25(31(36)41-20)33-30(35)27-29(40-19-39-21(2)34)26(37-3)14-15-32-27/h4,6-7,10-11,14-15,20,23-25,28H,5,8-9,12-13,16-19H2,1-3H3,(H,33,35)/t20-,23-,25-,28-/m0/s1. The first-order chi connectivity index (χ1) is 20.4. The molecule has 1 amide bonds. The van der Waals surface area contributed by atoms with Gasteiger partial charge in [0.25, 0.3) is 5.91 Å². The summed E-state index contributed by atoms with van der Waals surface area (Å²) < 4.78 is 34.2. The van der Waals surface area contributed by atoms with E-state index in [-0.39, 0.29) is 41.9 Å². The monoisotopic (exact) mass is 584 g/mol. The predicted molar refractivity (Wildman–Crippen MR) is 151 cm³/mol. The number of hydrogen-bond acceptors (Lipinski definition) is 10. The van der Waals surface area contributed by atoms with E-state index in [1.807, 2.05) is 25.1 Å². The maximum absolute atomic E-state index is 13.3. The van der Waals surface area contributed by atoms with Gasteiger partial charge in [0.05, 0.1) is 32.5 Å². The number of amides is 1. The molecule has 228 valence electrons. The molecule has 2 aromatic rings. The summed E-state index contributed by atoms with van der Waals surface area (Å²) in [4.78, 5) is 42.0. The van der Waals surface area contributed by atoms with Crippen LogP contribution in [0.25, 0.3) is 0 Å². The molecule has 2 aliphatic rings. The summed E-state index contributed by atoms with van der Waals surface area (Å²) in [7, 11) is 1.40. The molecule has 1 aromatic heterocycles. The summed E-state index contributed by atoms with van der Waals surface area (Å²) in [5, 5.41) is 2.67. The normalized spacial score (nSPS) is 23.5. The Bertz CT molecular complexity index is 1190. The van der Waals surface area contributed by atoms with Gasteiger partial charge in [-0.3, -0.25) is 9.59 Å². The van der Waals surface area contributed by atoms with Gasteiger partial charge in [0.2, 0.25) is 6.79 Å². The lowest BCUT2D eigenvalue weighted by Crippen LogP contribution is -2.47. The molecule has 0 bridgehead atoms. The molecule has 1 aromatic carbocycles. The number of nitrogens with zero attached hydrogens (tertiary/aromatic N) is 1. The molecule has 1 aliphatic carbocycles. The van der Waals surface area contributed by atoms with Crippen LogP contribution < -0.4 is 14.8 Å². The van der Waals surface area contributed by atoms with E-state index in [0.717, 1.165) is 31.2 Å². The maximum atomic E-state index is 13.3. The van der Waals surface area contributed by atoms with Crippen molar-refractivity contribution in [3.8, 4) is 11.5 Å². The summed E-state index contributed by atoms with van der Waals surface area (Å²) >= 11 is 0. The zero-order valence-electron chi connectivity index (χ0n) is 24.4. The van der Waals surface area contributed by atoms with Crippen molar-refractivity contribution in [2.45, 2.75) is 76.7 Å². The number of aromatic nitrogens is 1. The van der Waals surface area contributed by atoms with Gasteiger partial charge in [-0.1, -0.05) is 49.6 Å². The lowest BCUT2D eigenvalue weighted by Gasteiger charge is -2.35. The van der Waals surface area contributed by atoms with E-state index >= 15 is 0 Å². The van der Waals surface area contributed by atoms with Crippen molar-refractivity contribution in [2.24, 2.45) is 5.92 Å². The summed E-state index contributed by atoms with van der Waals surface area (Å²) in [6.45, 7) is 2.82. The average molecular weight is 585 g/mol. The van der Waals surface area contributed by atoms with Gasteiger partial charge in [0.1, 0.15) is 6.10 Å². The zero-order chi connectivity index (χ0) is 29.9. The topological polar surface area (TPSA) is 132 Å². The van der Waals surface area contributed by atoms with Crippen LogP contribution in [-0.4, -0.2) is 74.3 Å². The second kappa shape index (κ2) is 15.5. The van der Waals surface area contributed by atoms with E-state index in [2.05, 4.69) is 22.4 Å². The first-order valence-electron chi connectivity index (χ1n) is 14.4. The van der Waals surface area contributed by atoms with Crippen LogP contribution >= 0.6 is 0 Å². The van der Waals surface area contributed by atoms with Crippen molar-refractivity contribution in [1.82, 2.24) is 10.3 Å². The Balaban J connectivity index is 1.51. The summed E-state index contributed by atoms with van der Waals surface area (Å²) in [5.41, 5.74) is 0.985. The highest BCUT2D eigenvalue weighted by Gasteiger charge is 2.37. The number of hydrogen-bond donors (Lipinski definition) is 1. The summed E-state index contributed by atoms with van der Waals surface area (Å²) in [6, 6.07) is 10.5. The Morgan fingerprint density at radius 3 is 2.55 bits per heavy atom. The fourth-order valence-electron chi connectivity index (χ4n) is 5.34. The van der Waals surface area contributed by atoms with E-state index in [4.69, 9.17) is 28.4 Å². The number of pyridine rings is 1. The number of benzene rings is 1. The largest absolute Gasteiger partial charge is 0.493 e. The van der Waals surface area contributed by atoms with Gasteiger partial charge in [0, 0.05) is 25.1 Å². The fourth-order valence-corrected chi connectivity index (χ4v) is 5.34. The second-order valence-electron chi connectivity index (χ2n) is 10.6. The second-order valence-corrected chi connectivity index (χ2v) is 10.6. The highest BCUT2D eigenvalue weighted by Crippen LogP contribution is 2.31. The molecule has 2 fully saturated rings. The van der Waals surface area contributed by atoms with Crippen LogP contribution in [0.4, 0.5) is 0 Å². The van der Waals surface area contributed by atoms with E-state index in [0.29, 0.717) is 13.0 Å². The minimum Gasteiger partial charge on any atom is -0.493 e. The molecular weight excluding hydrogens is 544 g/mol. The van der Waals surface area contributed by atoms with Gasteiger partial charge in [-0.2, -0.15) is 0 Å². The SMILES string of the molecule is COc1ccnc(C(=O)N[C@H]2COC[C@H](Cc3ccccc3)[C@@H](OC3CCCCC3)[C@H](C)OC2=O)c1OCOC(C)=O. The molecule has 4 atom stereocenters. The third kappa shape index (κ3) is 8.65. The third-order valence-electron chi connectivity index (χ3n) is 7.45. The van der Waals surface area contributed by atoms with Crippen LogP contribution in [0.2, 0.25) is 0 Å². The number of rotatable bonds is 10.